The Balaban J connectivity index is 1.65. The Morgan fingerprint density at radius 1 is 0.909 bits per heavy atom. The van der Waals surface area contributed by atoms with Crippen LogP contribution in [0.15, 0.2) is 119 Å². The molecule has 0 amide bonds. The van der Waals surface area contributed by atoms with Crippen LogP contribution in [0.2, 0.25) is 0 Å². The molecule has 0 saturated heterocycles. The summed E-state index contributed by atoms with van der Waals surface area (Å²) >= 11 is 1.82. The van der Waals surface area contributed by atoms with Gasteiger partial charge in [-0.15, -0.1) is 0 Å². The SMILES string of the molecule is C=C(/C=C1\Sc2ccccc2N1C)C(C)(Cc1ccccc1)c1c(C)ccc2ccccc12. The number of fused-ring (bicyclic) bond motifs is 2. The van der Waals surface area contributed by atoms with E-state index in [1.807, 2.05) is 11.8 Å². The van der Waals surface area contributed by atoms with E-state index in [-0.39, 0.29) is 5.41 Å². The van der Waals surface area contributed by atoms with Gasteiger partial charge in [-0.3, -0.25) is 0 Å². The van der Waals surface area contributed by atoms with Gasteiger partial charge in [0.05, 0.1) is 10.7 Å². The van der Waals surface area contributed by atoms with Gasteiger partial charge in [0.25, 0.3) is 0 Å². The van der Waals surface area contributed by atoms with Crippen molar-refractivity contribution in [2.24, 2.45) is 0 Å². The van der Waals surface area contributed by atoms with Crippen LogP contribution < -0.4 is 4.90 Å². The molecule has 0 aliphatic carbocycles. The zero-order valence-electron chi connectivity index (χ0n) is 19.5. The number of anilines is 1. The molecule has 4 aromatic rings. The number of para-hydroxylation sites is 1. The van der Waals surface area contributed by atoms with Crippen LogP contribution in [0.25, 0.3) is 10.8 Å². The minimum Gasteiger partial charge on any atom is -0.338 e. The van der Waals surface area contributed by atoms with Crippen molar-refractivity contribution in [2.45, 2.75) is 30.6 Å². The molecule has 0 radical (unpaired) electrons. The molecule has 5 rings (SSSR count). The summed E-state index contributed by atoms with van der Waals surface area (Å²) in [5.74, 6) is 0. The van der Waals surface area contributed by atoms with E-state index in [1.165, 1.54) is 43.1 Å². The van der Waals surface area contributed by atoms with E-state index in [0.717, 1.165) is 12.0 Å². The van der Waals surface area contributed by atoms with Crippen molar-refractivity contribution in [2.75, 3.05) is 11.9 Å². The van der Waals surface area contributed by atoms with E-state index in [9.17, 15) is 0 Å². The van der Waals surface area contributed by atoms with Crippen LogP contribution in [0.1, 0.15) is 23.6 Å². The third-order valence-electron chi connectivity index (χ3n) is 6.87. The van der Waals surface area contributed by atoms with E-state index < -0.39 is 0 Å². The third kappa shape index (κ3) is 3.89. The first-order chi connectivity index (χ1) is 16.0. The molecule has 1 nitrogen and oxygen atoms in total. The van der Waals surface area contributed by atoms with Gasteiger partial charge in [-0.05, 0) is 64.6 Å². The van der Waals surface area contributed by atoms with E-state index in [1.54, 1.807) is 0 Å². The molecule has 1 aliphatic heterocycles. The number of benzene rings is 4. The van der Waals surface area contributed by atoms with E-state index in [2.05, 4.69) is 123 Å². The Bertz CT molecular complexity index is 1370. The first-order valence-corrected chi connectivity index (χ1v) is 12.2. The molecule has 0 fully saturated rings. The van der Waals surface area contributed by atoms with Crippen LogP contribution in [0.3, 0.4) is 0 Å². The number of hydrogen-bond acceptors (Lipinski definition) is 2. The lowest BCUT2D eigenvalue weighted by atomic mass is 9.69. The van der Waals surface area contributed by atoms with Gasteiger partial charge in [-0.1, -0.05) is 104 Å². The minimum absolute atomic E-state index is 0.254. The van der Waals surface area contributed by atoms with E-state index in [4.69, 9.17) is 6.58 Å². The molecule has 164 valence electrons. The number of hydrogen-bond donors (Lipinski definition) is 0. The summed E-state index contributed by atoms with van der Waals surface area (Å²) < 4.78 is 0. The molecule has 0 bridgehead atoms. The molecular weight excluding hydrogens is 418 g/mol. The lowest BCUT2D eigenvalue weighted by Gasteiger charge is -2.35. The lowest BCUT2D eigenvalue weighted by Crippen LogP contribution is -2.28. The van der Waals surface area contributed by atoms with Gasteiger partial charge in [0.1, 0.15) is 0 Å². The van der Waals surface area contributed by atoms with Crippen molar-refractivity contribution in [3.05, 3.63) is 131 Å². The van der Waals surface area contributed by atoms with Crippen LogP contribution in [-0.2, 0) is 11.8 Å². The van der Waals surface area contributed by atoms with Crippen molar-refractivity contribution in [3.63, 3.8) is 0 Å². The molecule has 33 heavy (non-hydrogen) atoms. The highest BCUT2D eigenvalue weighted by Crippen LogP contribution is 2.47. The average molecular weight is 448 g/mol. The Kier molecular flexibility index (Phi) is 5.64. The van der Waals surface area contributed by atoms with Gasteiger partial charge in [-0.2, -0.15) is 0 Å². The molecule has 0 N–H and O–H groups in total. The molecule has 1 heterocycles. The monoisotopic (exact) mass is 447 g/mol. The van der Waals surface area contributed by atoms with Gasteiger partial charge in [0.2, 0.25) is 0 Å². The maximum atomic E-state index is 4.69. The Hall–Kier alpha value is -3.23. The largest absolute Gasteiger partial charge is 0.338 e. The summed E-state index contributed by atoms with van der Waals surface area (Å²) in [5.41, 5.74) is 6.13. The number of nitrogens with zero attached hydrogens (tertiary/aromatic N) is 1. The Morgan fingerprint density at radius 2 is 1.61 bits per heavy atom. The third-order valence-corrected chi connectivity index (χ3v) is 8.03. The maximum absolute atomic E-state index is 4.69. The van der Waals surface area contributed by atoms with Gasteiger partial charge in [0.15, 0.2) is 0 Å². The zero-order valence-corrected chi connectivity index (χ0v) is 20.3. The number of aryl methyl sites for hydroxylation is 1. The van der Waals surface area contributed by atoms with E-state index in [0.29, 0.717) is 0 Å². The van der Waals surface area contributed by atoms with Gasteiger partial charge >= 0.3 is 0 Å². The molecule has 1 atom stereocenters. The number of thioether (sulfide) groups is 1. The van der Waals surface area contributed by atoms with Crippen LogP contribution in [-0.4, -0.2) is 7.05 Å². The molecular formula is C31H29NS. The predicted molar refractivity (Wildman–Crippen MR) is 144 cm³/mol. The van der Waals surface area contributed by atoms with Crippen molar-refractivity contribution in [3.8, 4) is 0 Å². The second-order valence-electron chi connectivity index (χ2n) is 9.11. The van der Waals surface area contributed by atoms with Crippen molar-refractivity contribution < 1.29 is 0 Å². The second kappa shape index (κ2) is 8.61. The minimum atomic E-state index is -0.254. The summed E-state index contributed by atoms with van der Waals surface area (Å²) in [4.78, 5) is 3.58. The van der Waals surface area contributed by atoms with Crippen LogP contribution >= 0.6 is 11.8 Å². The Labute approximate surface area is 201 Å². The van der Waals surface area contributed by atoms with E-state index >= 15 is 0 Å². The highest BCUT2D eigenvalue weighted by molar-refractivity contribution is 8.03. The molecule has 1 aliphatic rings. The van der Waals surface area contributed by atoms with Crippen molar-refractivity contribution in [1.29, 1.82) is 0 Å². The van der Waals surface area contributed by atoms with Crippen LogP contribution in [0.5, 0.6) is 0 Å². The number of rotatable bonds is 5. The predicted octanol–water partition coefficient (Wildman–Crippen LogP) is 8.29. The van der Waals surface area contributed by atoms with Crippen molar-refractivity contribution >= 4 is 28.2 Å². The smallest absolute Gasteiger partial charge is 0.0801 e. The van der Waals surface area contributed by atoms with Gasteiger partial charge in [-0.25, -0.2) is 0 Å². The fourth-order valence-electron chi connectivity index (χ4n) is 5.03. The standard InChI is InChI=1S/C31H29NS/c1-22-18-19-25-14-8-9-15-26(25)30(22)31(3,21-24-12-6-5-7-13-24)23(2)20-29-32(4)27-16-10-11-17-28(27)33-29/h5-20H,2,21H2,1,3-4H3/b29-20-. The fourth-order valence-corrected chi connectivity index (χ4v) is 6.15. The normalized spacial score (nSPS) is 16.1. The molecule has 0 aromatic heterocycles. The van der Waals surface area contributed by atoms with Crippen LogP contribution in [0, 0.1) is 6.92 Å². The summed E-state index contributed by atoms with van der Waals surface area (Å²) in [6, 6.07) is 32.6. The summed E-state index contributed by atoms with van der Waals surface area (Å²) in [7, 11) is 2.15. The summed E-state index contributed by atoms with van der Waals surface area (Å²) in [5, 5.41) is 3.81. The molecule has 1 unspecified atom stereocenters. The van der Waals surface area contributed by atoms with Crippen LogP contribution in [0.4, 0.5) is 5.69 Å². The molecule has 0 saturated carbocycles. The fraction of sp³-hybridized carbons (Fsp3) is 0.161. The molecule has 4 aromatic carbocycles. The summed E-state index contributed by atoms with van der Waals surface area (Å²) in [6.07, 6.45) is 3.20. The second-order valence-corrected chi connectivity index (χ2v) is 10.2. The topological polar surface area (TPSA) is 3.24 Å². The first-order valence-electron chi connectivity index (χ1n) is 11.4. The summed E-state index contributed by atoms with van der Waals surface area (Å²) in [6.45, 7) is 9.29. The van der Waals surface area contributed by atoms with Gasteiger partial charge in [0, 0.05) is 17.4 Å². The van der Waals surface area contributed by atoms with Crippen molar-refractivity contribution in [1.82, 2.24) is 0 Å². The first kappa shape index (κ1) is 21.6. The lowest BCUT2D eigenvalue weighted by molar-refractivity contribution is 0.569. The average Bonchev–Trinajstić information content (AvgIpc) is 3.14. The maximum Gasteiger partial charge on any atom is 0.0801 e. The number of allylic oxidation sites excluding steroid dienone is 2. The molecule has 0 spiro atoms. The quantitative estimate of drug-likeness (QED) is 0.303. The highest BCUT2D eigenvalue weighted by Gasteiger charge is 2.34. The molecule has 2 heteroatoms. The zero-order chi connectivity index (χ0) is 23.0. The Morgan fingerprint density at radius 3 is 2.39 bits per heavy atom. The van der Waals surface area contributed by atoms with Gasteiger partial charge < -0.3 is 4.90 Å². The highest BCUT2D eigenvalue weighted by atomic mass is 32.2.